The second kappa shape index (κ2) is 9.68. The third-order valence-corrected chi connectivity index (χ3v) is 7.61. The molecule has 4 aromatic rings. The summed E-state index contributed by atoms with van der Waals surface area (Å²) in [6, 6.07) is 38.6. The van der Waals surface area contributed by atoms with E-state index in [4.69, 9.17) is 11.6 Å². The second-order valence-corrected chi connectivity index (χ2v) is 11.0. The lowest BCUT2D eigenvalue weighted by Crippen LogP contribution is -2.51. The van der Waals surface area contributed by atoms with Crippen LogP contribution in [0.1, 0.15) is 55.5 Å². The van der Waals surface area contributed by atoms with Gasteiger partial charge in [-0.25, -0.2) is 0 Å². The molecular weight excluding hydrogens is 474 g/mol. The van der Waals surface area contributed by atoms with E-state index in [2.05, 4.69) is 136 Å². The zero-order valence-electron chi connectivity index (χ0n) is 21.8. The van der Waals surface area contributed by atoms with Crippen molar-refractivity contribution in [3.05, 3.63) is 143 Å². The molecule has 3 heteroatoms. The van der Waals surface area contributed by atoms with Gasteiger partial charge in [0, 0.05) is 5.56 Å². The Labute approximate surface area is 225 Å². The molecule has 1 unspecified atom stereocenters. The first kappa shape index (κ1) is 25.0. The molecule has 186 valence electrons. The van der Waals surface area contributed by atoms with Crippen LogP contribution in [-0.4, -0.2) is 16.8 Å². The minimum atomic E-state index is -0.615. The van der Waals surface area contributed by atoms with E-state index in [9.17, 15) is 4.79 Å². The maximum absolute atomic E-state index is 13.3. The van der Waals surface area contributed by atoms with E-state index in [1.54, 1.807) is 6.92 Å². The van der Waals surface area contributed by atoms with Crippen molar-refractivity contribution in [2.24, 2.45) is 0 Å². The molecule has 0 saturated carbocycles. The van der Waals surface area contributed by atoms with Crippen molar-refractivity contribution in [3.63, 3.8) is 0 Å². The number of carbonyl (C=O) groups is 1. The van der Waals surface area contributed by atoms with E-state index in [0.717, 1.165) is 22.4 Å². The highest BCUT2D eigenvalue weighted by molar-refractivity contribution is 6.33. The molecule has 1 aliphatic heterocycles. The van der Waals surface area contributed by atoms with Crippen LogP contribution in [-0.2, 0) is 10.2 Å². The van der Waals surface area contributed by atoms with Crippen molar-refractivity contribution in [1.82, 2.24) is 0 Å². The number of fused-ring (bicyclic) bond motifs is 1. The smallest absolute Gasteiger partial charge is 0.245 e. The van der Waals surface area contributed by atoms with E-state index in [1.165, 1.54) is 16.7 Å². The van der Waals surface area contributed by atoms with Crippen LogP contribution in [0.25, 0.3) is 5.57 Å². The zero-order chi connectivity index (χ0) is 26.2. The summed E-state index contributed by atoms with van der Waals surface area (Å²) < 4.78 is 0. The monoisotopic (exact) mass is 505 g/mol. The van der Waals surface area contributed by atoms with E-state index in [1.807, 2.05) is 4.90 Å². The van der Waals surface area contributed by atoms with Crippen molar-refractivity contribution in [2.45, 2.75) is 44.0 Å². The number of amides is 1. The molecule has 0 aromatic heterocycles. The lowest BCUT2D eigenvalue weighted by molar-refractivity contribution is -0.118. The van der Waals surface area contributed by atoms with E-state index in [0.29, 0.717) is 0 Å². The molecule has 1 atom stereocenters. The minimum absolute atomic E-state index is 0.0927. The zero-order valence-corrected chi connectivity index (χ0v) is 22.5. The highest BCUT2D eigenvalue weighted by Crippen LogP contribution is 2.48. The quantitative estimate of drug-likeness (QED) is 0.197. The number of rotatable bonds is 5. The van der Waals surface area contributed by atoms with Crippen LogP contribution in [0.5, 0.6) is 0 Å². The number of hydrogen-bond acceptors (Lipinski definition) is 1. The van der Waals surface area contributed by atoms with Gasteiger partial charge >= 0.3 is 0 Å². The lowest BCUT2D eigenvalue weighted by atomic mass is 9.64. The fourth-order valence-corrected chi connectivity index (χ4v) is 6.01. The number of nitrogens with zero attached hydrogens (tertiary/aromatic N) is 1. The van der Waals surface area contributed by atoms with Gasteiger partial charge in [0.2, 0.25) is 5.91 Å². The molecular formula is C34H32ClNO. The Morgan fingerprint density at radius 2 is 1.22 bits per heavy atom. The van der Waals surface area contributed by atoms with Crippen LogP contribution in [0.15, 0.2) is 115 Å². The largest absolute Gasteiger partial charge is 0.301 e. The summed E-state index contributed by atoms with van der Waals surface area (Å²) in [6.45, 7) is 8.00. The first-order chi connectivity index (χ1) is 17.8. The van der Waals surface area contributed by atoms with Gasteiger partial charge in [-0.15, -0.1) is 11.6 Å². The highest BCUT2D eigenvalue weighted by atomic mass is 35.5. The number of hydrogen-bond donors (Lipinski definition) is 0. The van der Waals surface area contributed by atoms with Gasteiger partial charge in [-0.2, -0.15) is 0 Å². The Bertz CT molecular complexity index is 1340. The van der Waals surface area contributed by atoms with E-state index in [-0.39, 0.29) is 5.91 Å². The Morgan fingerprint density at radius 1 is 0.757 bits per heavy atom. The molecule has 0 saturated heterocycles. The predicted octanol–water partition coefficient (Wildman–Crippen LogP) is 8.23. The number of benzene rings is 4. The molecule has 0 radical (unpaired) electrons. The van der Waals surface area contributed by atoms with Gasteiger partial charge in [-0.05, 0) is 67.7 Å². The fourth-order valence-electron chi connectivity index (χ4n) is 5.91. The molecule has 0 bridgehead atoms. The summed E-state index contributed by atoms with van der Waals surface area (Å²) in [5.74, 6) is -0.0927. The van der Waals surface area contributed by atoms with Crippen LogP contribution in [0.2, 0.25) is 0 Å². The molecule has 0 fully saturated rings. The summed E-state index contributed by atoms with van der Waals surface area (Å²) in [5, 5.41) is -0.615. The van der Waals surface area contributed by atoms with Gasteiger partial charge in [-0.1, -0.05) is 103 Å². The van der Waals surface area contributed by atoms with Crippen LogP contribution in [0, 0.1) is 0 Å². The molecule has 0 N–H and O–H groups in total. The Hall–Kier alpha value is -3.62. The standard InChI is InChI=1S/C34H32ClNO/c1-24-23-33(3,4)36(32(37)25(2)35)31-21-20-29(22-30(24)31)34(26-14-8-5-9-15-26,27-16-10-6-11-17-27)28-18-12-7-13-19-28/h5-23,25H,1-4H3. The number of alkyl halides is 1. The number of allylic oxidation sites excluding steroid dienone is 1. The molecule has 0 spiro atoms. The van der Waals surface area contributed by atoms with Gasteiger partial charge < -0.3 is 4.90 Å². The summed E-state index contributed by atoms with van der Waals surface area (Å²) in [7, 11) is 0. The molecule has 1 heterocycles. The minimum Gasteiger partial charge on any atom is -0.301 e. The van der Waals surface area contributed by atoms with Crippen molar-refractivity contribution in [2.75, 3.05) is 4.90 Å². The first-order valence-corrected chi connectivity index (χ1v) is 13.2. The van der Waals surface area contributed by atoms with Crippen LogP contribution >= 0.6 is 11.6 Å². The number of anilines is 1. The third kappa shape index (κ3) is 4.20. The Kier molecular flexibility index (Phi) is 6.56. The molecule has 2 nitrogen and oxygen atoms in total. The normalized spacial score (nSPS) is 15.5. The number of carbonyl (C=O) groups excluding carboxylic acids is 1. The van der Waals surface area contributed by atoms with E-state index < -0.39 is 16.3 Å². The molecule has 4 aromatic carbocycles. The predicted molar refractivity (Wildman–Crippen MR) is 155 cm³/mol. The summed E-state index contributed by atoms with van der Waals surface area (Å²) in [6.07, 6.45) is 2.17. The average Bonchev–Trinajstić information content (AvgIpc) is 2.90. The summed E-state index contributed by atoms with van der Waals surface area (Å²) in [4.78, 5) is 15.1. The van der Waals surface area contributed by atoms with Crippen LogP contribution < -0.4 is 4.90 Å². The van der Waals surface area contributed by atoms with Gasteiger partial charge in [0.1, 0.15) is 5.38 Å². The van der Waals surface area contributed by atoms with Crippen LogP contribution in [0.3, 0.4) is 0 Å². The topological polar surface area (TPSA) is 20.3 Å². The average molecular weight is 506 g/mol. The Morgan fingerprint density at radius 3 is 1.65 bits per heavy atom. The molecule has 37 heavy (non-hydrogen) atoms. The second-order valence-electron chi connectivity index (χ2n) is 10.4. The lowest BCUT2D eigenvalue weighted by Gasteiger charge is -2.43. The SMILES string of the molecule is CC1=CC(C)(C)N(C(=O)C(C)Cl)c2ccc(C(c3ccccc3)(c3ccccc3)c3ccccc3)cc21. The van der Waals surface area contributed by atoms with Crippen molar-refractivity contribution >= 4 is 28.8 Å². The molecule has 1 aliphatic rings. The fraction of sp³-hybridized carbons (Fsp3) is 0.206. The van der Waals surface area contributed by atoms with Crippen molar-refractivity contribution in [1.29, 1.82) is 0 Å². The van der Waals surface area contributed by atoms with Gasteiger partial charge in [0.15, 0.2) is 0 Å². The molecule has 0 aliphatic carbocycles. The van der Waals surface area contributed by atoms with Gasteiger partial charge in [-0.3, -0.25) is 4.79 Å². The first-order valence-electron chi connectivity index (χ1n) is 12.8. The highest BCUT2D eigenvalue weighted by Gasteiger charge is 2.41. The maximum Gasteiger partial charge on any atom is 0.245 e. The summed E-state index contributed by atoms with van der Waals surface area (Å²) >= 11 is 6.32. The third-order valence-electron chi connectivity index (χ3n) is 7.42. The number of halogens is 1. The molecule has 5 rings (SSSR count). The van der Waals surface area contributed by atoms with Crippen molar-refractivity contribution < 1.29 is 4.79 Å². The maximum atomic E-state index is 13.3. The summed E-state index contributed by atoms with van der Waals surface area (Å²) in [5.41, 5.74) is 6.79. The van der Waals surface area contributed by atoms with Crippen molar-refractivity contribution in [3.8, 4) is 0 Å². The van der Waals surface area contributed by atoms with Crippen LogP contribution in [0.4, 0.5) is 5.69 Å². The Balaban J connectivity index is 1.84. The molecule has 1 amide bonds. The van der Waals surface area contributed by atoms with Gasteiger partial charge in [0.25, 0.3) is 0 Å². The van der Waals surface area contributed by atoms with E-state index >= 15 is 0 Å². The van der Waals surface area contributed by atoms with Gasteiger partial charge in [0.05, 0.1) is 16.6 Å².